The maximum atomic E-state index is 12.9. The Balaban J connectivity index is 1.33. The number of fused-ring (bicyclic) bond motifs is 3. The van der Waals surface area contributed by atoms with Gasteiger partial charge in [0.05, 0.1) is 12.0 Å². The first-order valence-corrected chi connectivity index (χ1v) is 11.4. The van der Waals surface area contributed by atoms with Crippen LogP contribution < -0.4 is 5.32 Å². The maximum Gasteiger partial charge on any atom is 0.407 e. The van der Waals surface area contributed by atoms with Gasteiger partial charge in [-0.3, -0.25) is 9.59 Å². The normalized spacial score (nSPS) is 22.1. The van der Waals surface area contributed by atoms with Crippen LogP contribution in [0.15, 0.2) is 48.5 Å². The van der Waals surface area contributed by atoms with Crippen LogP contribution in [-0.4, -0.2) is 67.4 Å². The number of carbonyl (C=O) groups excluding carboxylic acids is 2. The average Bonchev–Trinajstić information content (AvgIpc) is 3.33. The standard InChI is InChI=1S/C26H30N2O6/c1-16-13-28(15-26(16,2)24(30)31)23(29)22(33-3)12-27-25(32)34-14-21-19-10-6-4-8-17(19)18-9-5-7-11-20(18)21/h4-11,16,21-22H,12-15H2,1-3H3,(H,27,32)(H,30,31). The van der Waals surface area contributed by atoms with Crippen LogP contribution in [0.1, 0.15) is 30.9 Å². The van der Waals surface area contributed by atoms with Crippen molar-refractivity contribution in [2.45, 2.75) is 25.9 Å². The summed E-state index contributed by atoms with van der Waals surface area (Å²) in [6.07, 6.45) is -1.56. The van der Waals surface area contributed by atoms with E-state index in [-0.39, 0.29) is 37.4 Å². The van der Waals surface area contributed by atoms with Crippen LogP contribution in [0, 0.1) is 11.3 Å². The lowest BCUT2D eigenvalue weighted by Gasteiger charge is -2.24. The number of likely N-dealkylation sites (tertiary alicyclic amines) is 1. The minimum absolute atomic E-state index is 0.0576. The summed E-state index contributed by atoms with van der Waals surface area (Å²) in [5.74, 6) is -1.53. The van der Waals surface area contributed by atoms with Gasteiger partial charge in [0.1, 0.15) is 6.61 Å². The fourth-order valence-corrected chi connectivity index (χ4v) is 4.90. The topological polar surface area (TPSA) is 105 Å². The zero-order valence-corrected chi connectivity index (χ0v) is 19.6. The number of carbonyl (C=O) groups is 3. The number of ether oxygens (including phenoxy) is 2. The summed E-state index contributed by atoms with van der Waals surface area (Å²) in [7, 11) is 1.39. The summed E-state index contributed by atoms with van der Waals surface area (Å²) >= 11 is 0. The molecule has 3 unspecified atom stereocenters. The van der Waals surface area contributed by atoms with Gasteiger partial charge in [-0.05, 0) is 35.1 Å². The lowest BCUT2D eigenvalue weighted by Crippen LogP contribution is -2.46. The van der Waals surface area contributed by atoms with E-state index in [2.05, 4.69) is 17.4 Å². The molecule has 1 fully saturated rings. The second-order valence-corrected chi connectivity index (χ2v) is 9.27. The van der Waals surface area contributed by atoms with Crippen molar-refractivity contribution in [3.63, 3.8) is 0 Å². The number of nitrogens with one attached hydrogen (secondary N) is 1. The van der Waals surface area contributed by atoms with E-state index in [9.17, 15) is 19.5 Å². The molecule has 1 saturated heterocycles. The van der Waals surface area contributed by atoms with Crippen molar-refractivity contribution in [1.82, 2.24) is 10.2 Å². The molecule has 8 heteroatoms. The van der Waals surface area contributed by atoms with E-state index in [0.29, 0.717) is 6.54 Å². The van der Waals surface area contributed by atoms with Crippen LogP contribution in [-0.2, 0) is 19.1 Å². The summed E-state index contributed by atoms with van der Waals surface area (Å²) in [6, 6.07) is 16.2. The highest BCUT2D eigenvalue weighted by Gasteiger charge is 2.48. The number of methoxy groups -OCH3 is 1. The average molecular weight is 467 g/mol. The molecule has 0 spiro atoms. The monoisotopic (exact) mass is 466 g/mol. The number of amides is 2. The molecule has 2 aliphatic rings. The molecule has 4 rings (SSSR count). The molecule has 1 heterocycles. The van der Waals surface area contributed by atoms with Crippen molar-refractivity contribution >= 4 is 18.0 Å². The zero-order valence-electron chi connectivity index (χ0n) is 19.6. The van der Waals surface area contributed by atoms with Gasteiger partial charge in [-0.1, -0.05) is 55.5 Å². The summed E-state index contributed by atoms with van der Waals surface area (Å²) in [5, 5.41) is 12.2. The molecule has 1 aliphatic heterocycles. The Morgan fingerprint density at radius 2 is 1.71 bits per heavy atom. The van der Waals surface area contributed by atoms with Crippen LogP contribution >= 0.6 is 0 Å². The molecule has 0 saturated carbocycles. The number of benzene rings is 2. The predicted molar refractivity (Wildman–Crippen MR) is 125 cm³/mol. The van der Waals surface area contributed by atoms with Gasteiger partial charge in [-0.25, -0.2) is 4.79 Å². The van der Waals surface area contributed by atoms with Gasteiger partial charge in [0.25, 0.3) is 5.91 Å². The number of rotatable bonds is 7. The third-order valence-electron chi connectivity index (χ3n) is 7.24. The molecule has 2 amide bonds. The molecule has 3 atom stereocenters. The first kappa shape index (κ1) is 23.8. The predicted octanol–water partition coefficient (Wildman–Crippen LogP) is 3.11. The molecular weight excluding hydrogens is 436 g/mol. The summed E-state index contributed by atoms with van der Waals surface area (Å²) in [6.45, 7) is 3.99. The number of aliphatic carboxylic acids is 1. The van der Waals surface area contributed by atoms with Gasteiger partial charge in [0, 0.05) is 26.1 Å². The highest BCUT2D eigenvalue weighted by atomic mass is 16.5. The largest absolute Gasteiger partial charge is 0.481 e. The molecule has 0 radical (unpaired) electrons. The molecule has 1 aliphatic carbocycles. The summed E-state index contributed by atoms with van der Waals surface area (Å²) < 4.78 is 10.8. The molecule has 8 nitrogen and oxygen atoms in total. The van der Waals surface area contributed by atoms with Crippen molar-refractivity contribution in [2.24, 2.45) is 11.3 Å². The van der Waals surface area contributed by atoms with Gasteiger partial charge in [-0.15, -0.1) is 0 Å². The molecule has 2 aromatic carbocycles. The van der Waals surface area contributed by atoms with E-state index < -0.39 is 23.6 Å². The number of nitrogens with zero attached hydrogens (tertiary/aromatic N) is 1. The fraction of sp³-hybridized carbons (Fsp3) is 0.423. The minimum Gasteiger partial charge on any atom is -0.481 e. The van der Waals surface area contributed by atoms with Crippen molar-refractivity contribution < 1.29 is 29.0 Å². The van der Waals surface area contributed by atoms with Gasteiger partial charge in [-0.2, -0.15) is 0 Å². The van der Waals surface area contributed by atoms with Crippen molar-refractivity contribution in [2.75, 3.05) is 33.4 Å². The first-order chi connectivity index (χ1) is 16.3. The van der Waals surface area contributed by atoms with Gasteiger partial charge in [0.15, 0.2) is 6.10 Å². The van der Waals surface area contributed by atoms with E-state index in [4.69, 9.17) is 9.47 Å². The molecule has 180 valence electrons. The molecular formula is C26H30N2O6. The number of hydrogen-bond donors (Lipinski definition) is 2. The maximum absolute atomic E-state index is 12.9. The van der Waals surface area contributed by atoms with Crippen LogP contribution in [0.5, 0.6) is 0 Å². The highest BCUT2D eigenvalue weighted by Crippen LogP contribution is 2.44. The second-order valence-electron chi connectivity index (χ2n) is 9.27. The van der Waals surface area contributed by atoms with Crippen LogP contribution in [0.3, 0.4) is 0 Å². The summed E-state index contributed by atoms with van der Waals surface area (Å²) in [4.78, 5) is 38.5. The van der Waals surface area contributed by atoms with Crippen molar-refractivity contribution in [3.05, 3.63) is 59.7 Å². The SMILES string of the molecule is COC(CNC(=O)OCC1c2ccccc2-c2ccccc21)C(=O)N1CC(C)C(C)(C(=O)O)C1. The number of carboxylic acids is 1. The Bertz CT molecular complexity index is 1060. The Kier molecular flexibility index (Phi) is 6.61. The number of hydrogen-bond acceptors (Lipinski definition) is 5. The number of carboxylic acid groups (broad SMARTS) is 1. The molecule has 34 heavy (non-hydrogen) atoms. The van der Waals surface area contributed by atoms with Crippen LogP contribution in [0.25, 0.3) is 11.1 Å². The first-order valence-electron chi connectivity index (χ1n) is 11.4. The zero-order chi connectivity index (χ0) is 24.5. The van der Waals surface area contributed by atoms with Crippen molar-refractivity contribution in [3.8, 4) is 11.1 Å². The molecule has 2 aromatic rings. The fourth-order valence-electron chi connectivity index (χ4n) is 4.90. The van der Waals surface area contributed by atoms with E-state index in [0.717, 1.165) is 22.3 Å². The quantitative estimate of drug-likeness (QED) is 0.650. The Hall–Kier alpha value is -3.39. The molecule has 0 bridgehead atoms. The highest BCUT2D eigenvalue weighted by molar-refractivity contribution is 5.84. The van der Waals surface area contributed by atoms with E-state index in [1.165, 1.54) is 12.0 Å². The lowest BCUT2D eigenvalue weighted by atomic mass is 9.81. The van der Waals surface area contributed by atoms with Crippen molar-refractivity contribution in [1.29, 1.82) is 0 Å². The number of alkyl carbamates (subject to hydrolysis) is 1. The lowest BCUT2D eigenvalue weighted by molar-refractivity contribution is -0.149. The minimum atomic E-state index is -1.01. The Morgan fingerprint density at radius 3 is 2.24 bits per heavy atom. The van der Waals surface area contributed by atoms with Gasteiger partial charge >= 0.3 is 12.1 Å². The third kappa shape index (κ3) is 4.25. The third-order valence-corrected chi connectivity index (χ3v) is 7.24. The second kappa shape index (κ2) is 9.46. The van der Waals surface area contributed by atoms with Crippen LogP contribution in [0.2, 0.25) is 0 Å². The van der Waals surface area contributed by atoms with E-state index >= 15 is 0 Å². The Morgan fingerprint density at radius 1 is 1.12 bits per heavy atom. The Labute approximate surface area is 198 Å². The molecule has 2 N–H and O–H groups in total. The molecule has 0 aromatic heterocycles. The van der Waals surface area contributed by atoms with Gasteiger partial charge in [0.2, 0.25) is 0 Å². The van der Waals surface area contributed by atoms with E-state index in [1.54, 1.807) is 6.92 Å². The van der Waals surface area contributed by atoms with Gasteiger partial charge < -0.3 is 24.8 Å². The smallest absolute Gasteiger partial charge is 0.407 e. The van der Waals surface area contributed by atoms with Crippen LogP contribution in [0.4, 0.5) is 4.79 Å². The van der Waals surface area contributed by atoms with E-state index in [1.807, 2.05) is 43.3 Å². The summed E-state index contributed by atoms with van der Waals surface area (Å²) in [5.41, 5.74) is 3.52.